The fraction of sp³-hybridized carbons (Fsp3) is 0.889. The molecular weight excluding hydrogens is 332 g/mol. The highest BCUT2D eigenvalue weighted by Gasteiger charge is 2.00. The first kappa shape index (κ1) is 24.5. The van der Waals surface area contributed by atoms with Crippen LogP contribution in [0.25, 0.3) is 0 Å². The standard InChI is InChI=1S/C18H40N6O2/c19-11-5-1-3-7-13-21-17(25)23-15-9-10-16-24-18(26)22-14-8-4-2-6-12-20/h1-16,19-20H2,(H2,21,23,25)(H2,22,24,26). The van der Waals surface area contributed by atoms with Crippen molar-refractivity contribution in [1.82, 2.24) is 21.3 Å². The summed E-state index contributed by atoms with van der Waals surface area (Å²) in [5.74, 6) is 0. The molecular formula is C18H40N6O2. The number of hydrogen-bond acceptors (Lipinski definition) is 4. The smallest absolute Gasteiger partial charge is 0.314 e. The van der Waals surface area contributed by atoms with Crippen LogP contribution in [-0.4, -0.2) is 51.3 Å². The lowest BCUT2D eigenvalue weighted by atomic mass is 10.2. The Morgan fingerprint density at radius 1 is 0.462 bits per heavy atom. The molecule has 26 heavy (non-hydrogen) atoms. The van der Waals surface area contributed by atoms with Crippen LogP contribution in [-0.2, 0) is 0 Å². The second-order valence-electron chi connectivity index (χ2n) is 6.48. The molecule has 0 saturated heterocycles. The first-order valence-electron chi connectivity index (χ1n) is 10.1. The topological polar surface area (TPSA) is 134 Å². The third-order valence-corrected chi connectivity index (χ3v) is 4.01. The number of nitrogens with one attached hydrogen (secondary N) is 4. The molecule has 0 aliphatic rings. The van der Waals surface area contributed by atoms with E-state index in [2.05, 4.69) is 21.3 Å². The summed E-state index contributed by atoms with van der Waals surface area (Å²) in [5, 5.41) is 11.3. The molecule has 0 fully saturated rings. The highest BCUT2D eigenvalue weighted by atomic mass is 16.2. The largest absolute Gasteiger partial charge is 0.338 e. The molecule has 0 saturated carbocycles. The van der Waals surface area contributed by atoms with Gasteiger partial charge >= 0.3 is 12.1 Å². The summed E-state index contributed by atoms with van der Waals surface area (Å²) >= 11 is 0. The van der Waals surface area contributed by atoms with Crippen molar-refractivity contribution >= 4 is 12.1 Å². The summed E-state index contributed by atoms with van der Waals surface area (Å²) in [6, 6.07) is -0.242. The summed E-state index contributed by atoms with van der Waals surface area (Å²) < 4.78 is 0. The Hall–Kier alpha value is -1.54. The minimum Gasteiger partial charge on any atom is -0.338 e. The van der Waals surface area contributed by atoms with E-state index in [9.17, 15) is 9.59 Å². The number of rotatable bonds is 17. The van der Waals surface area contributed by atoms with Crippen molar-refractivity contribution in [2.45, 2.75) is 64.2 Å². The van der Waals surface area contributed by atoms with Crippen LogP contribution in [0.3, 0.4) is 0 Å². The van der Waals surface area contributed by atoms with Crippen molar-refractivity contribution in [2.24, 2.45) is 11.5 Å². The summed E-state index contributed by atoms with van der Waals surface area (Å²) in [7, 11) is 0. The molecule has 0 aliphatic carbocycles. The minimum atomic E-state index is -0.121. The van der Waals surface area contributed by atoms with Crippen LogP contribution < -0.4 is 32.7 Å². The highest BCUT2D eigenvalue weighted by Crippen LogP contribution is 1.97. The number of hydrogen-bond donors (Lipinski definition) is 6. The lowest BCUT2D eigenvalue weighted by Gasteiger charge is -2.09. The third-order valence-electron chi connectivity index (χ3n) is 4.01. The van der Waals surface area contributed by atoms with Crippen molar-refractivity contribution in [3.05, 3.63) is 0 Å². The van der Waals surface area contributed by atoms with Gasteiger partial charge in [-0.15, -0.1) is 0 Å². The Morgan fingerprint density at radius 3 is 1.04 bits per heavy atom. The number of unbranched alkanes of at least 4 members (excludes halogenated alkanes) is 7. The summed E-state index contributed by atoms with van der Waals surface area (Å²) in [4.78, 5) is 23.1. The Morgan fingerprint density at radius 2 is 0.731 bits per heavy atom. The van der Waals surface area contributed by atoms with Crippen LogP contribution >= 0.6 is 0 Å². The Balaban J connectivity index is 3.28. The molecule has 0 spiro atoms. The molecule has 8 nitrogen and oxygen atoms in total. The minimum absolute atomic E-state index is 0.121. The van der Waals surface area contributed by atoms with Crippen LogP contribution in [0, 0.1) is 0 Å². The SMILES string of the molecule is NCCCCCCNC(=O)NCCCCNC(=O)NCCCCCCN. The van der Waals surface area contributed by atoms with E-state index in [1.54, 1.807) is 0 Å². The van der Waals surface area contributed by atoms with Crippen LogP contribution in [0.2, 0.25) is 0 Å². The van der Waals surface area contributed by atoms with Crippen molar-refractivity contribution in [1.29, 1.82) is 0 Å². The lowest BCUT2D eigenvalue weighted by Crippen LogP contribution is -2.38. The average Bonchev–Trinajstić information content (AvgIpc) is 2.63. The van der Waals surface area contributed by atoms with E-state index in [1.165, 1.54) is 0 Å². The first-order chi connectivity index (χ1) is 12.7. The second-order valence-corrected chi connectivity index (χ2v) is 6.48. The van der Waals surface area contributed by atoms with Gasteiger partial charge in [0, 0.05) is 26.2 Å². The summed E-state index contributed by atoms with van der Waals surface area (Å²) in [6.45, 7) is 4.10. The highest BCUT2D eigenvalue weighted by molar-refractivity contribution is 5.74. The van der Waals surface area contributed by atoms with E-state index >= 15 is 0 Å². The van der Waals surface area contributed by atoms with E-state index in [-0.39, 0.29) is 12.1 Å². The van der Waals surface area contributed by atoms with Gasteiger partial charge in [0.05, 0.1) is 0 Å². The number of nitrogens with two attached hydrogens (primary N) is 2. The number of carbonyl (C=O) groups excluding carboxylic acids is 2. The van der Waals surface area contributed by atoms with Crippen molar-refractivity contribution in [3.8, 4) is 0 Å². The zero-order chi connectivity index (χ0) is 19.3. The molecule has 154 valence electrons. The van der Waals surface area contributed by atoms with E-state index in [1.807, 2.05) is 0 Å². The zero-order valence-electron chi connectivity index (χ0n) is 16.3. The zero-order valence-corrected chi connectivity index (χ0v) is 16.3. The Bertz CT molecular complexity index is 310. The number of amides is 4. The van der Waals surface area contributed by atoms with Crippen LogP contribution in [0.1, 0.15) is 64.2 Å². The fourth-order valence-electron chi connectivity index (χ4n) is 2.43. The van der Waals surface area contributed by atoms with E-state index < -0.39 is 0 Å². The molecule has 0 rings (SSSR count). The monoisotopic (exact) mass is 372 g/mol. The van der Waals surface area contributed by atoms with E-state index in [0.29, 0.717) is 26.2 Å². The third kappa shape index (κ3) is 18.8. The molecule has 4 amide bonds. The predicted octanol–water partition coefficient (Wildman–Crippen LogP) is 1.40. The van der Waals surface area contributed by atoms with Gasteiger partial charge in [-0.2, -0.15) is 0 Å². The quantitative estimate of drug-likeness (QED) is 0.215. The van der Waals surface area contributed by atoms with Gasteiger partial charge in [0.25, 0.3) is 0 Å². The van der Waals surface area contributed by atoms with Gasteiger partial charge < -0.3 is 32.7 Å². The lowest BCUT2D eigenvalue weighted by molar-refractivity contribution is 0.238. The maximum absolute atomic E-state index is 11.6. The van der Waals surface area contributed by atoms with Gasteiger partial charge in [0.1, 0.15) is 0 Å². The fourth-order valence-corrected chi connectivity index (χ4v) is 2.43. The molecule has 0 aromatic heterocycles. The number of urea groups is 2. The van der Waals surface area contributed by atoms with Crippen LogP contribution in [0.5, 0.6) is 0 Å². The van der Waals surface area contributed by atoms with Gasteiger partial charge in [0.15, 0.2) is 0 Å². The van der Waals surface area contributed by atoms with E-state index in [0.717, 1.165) is 77.3 Å². The predicted molar refractivity (Wildman–Crippen MR) is 107 cm³/mol. The summed E-state index contributed by atoms with van der Waals surface area (Å²) in [6.07, 6.45) is 10.2. The molecule has 8 heteroatoms. The molecule has 0 aromatic carbocycles. The maximum Gasteiger partial charge on any atom is 0.314 e. The average molecular weight is 373 g/mol. The molecule has 0 aromatic rings. The van der Waals surface area contributed by atoms with Gasteiger partial charge in [-0.3, -0.25) is 0 Å². The van der Waals surface area contributed by atoms with Crippen LogP contribution in [0.4, 0.5) is 9.59 Å². The van der Waals surface area contributed by atoms with Crippen molar-refractivity contribution in [3.63, 3.8) is 0 Å². The first-order valence-corrected chi connectivity index (χ1v) is 10.1. The van der Waals surface area contributed by atoms with Crippen molar-refractivity contribution < 1.29 is 9.59 Å². The summed E-state index contributed by atoms with van der Waals surface area (Å²) in [5.41, 5.74) is 10.9. The molecule has 0 atom stereocenters. The molecule has 0 bridgehead atoms. The van der Waals surface area contributed by atoms with Crippen LogP contribution in [0.15, 0.2) is 0 Å². The molecule has 0 radical (unpaired) electrons. The van der Waals surface area contributed by atoms with E-state index in [4.69, 9.17) is 11.5 Å². The van der Waals surface area contributed by atoms with Gasteiger partial charge in [-0.1, -0.05) is 25.7 Å². The van der Waals surface area contributed by atoms with Gasteiger partial charge in [-0.25, -0.2) is 9.59 Å². The van der Waals surface area contributed by atoms with Gasteiger partial charge in [-0.05, 0) is 51.6 Å². The molecule has 0 aliphatic heterocycles. The normalized spacial score (nSPS) is 10.4. The number of carbonyl (C=O) groups is 2. The molecule has 8 N–H and O–H groups in total. The van der Waals surface area contributed by atoms with Gasteiger partial charge in [0.2, 0.25) is 0 Å². The molecule has 0 heterocycles. The maximum atomic E-state index is 11.6. The Labute approximate surface area is 158 Å². The second kappa shape index (κ2) is 19.8. The Kier molecular flexibility index (Phi) is 18.6. The van der Waals surface area contributed by atoms with Crippen molar-refractivity contribution in [2.75, 3.05) is 39.3 Å². The molecule has 0 unspecified atom stereocenters.